The molecule has 17 heavy (non-hydrogen) atoms. The largest absolute Gasteiger partial charge is 0.504 e. The van der Waals surface area contributed by atoms with E-state index in [-0.39, 0.29) is 17.5 Å². The van der Waals surface area contributed by atoms with E-state index in [4.69, 9.17) is 9.47 Å². The molecule has 0 aliphatic carbocycles. The number of hydrogen-bond donors (Lipinski definition) is 1. The third-order valence-corrected chi connectivity index (χ3v) is 2.40. The van der Waals surface area contributed by atoms with Gasteiger partial charge in [-0.3, -0.25) is 0 Å². The molecule has 0 amide bonds. The number of phenolic OH excluding ortho intramolecular Hbond substituents is 1. The van der Waals surface area contributed by atoms with E-state index >= 15 is 0 Å². The van der Waals surface area contributed by atoms with Gasteiger partial charge in [0.15, 0.2) is 11.5 Å². The zero-order chi connectivity index (χ0) is 12.7. The van der Waals surface area contributed by atoms with Crippen LogP contribution in [0.4, 0.5) is 0 Å². The van der Waals surface area contributed by atoms with Gasteiger partial charge in [-0.1, -0.05) is 19.8 Å². The molecule has 0 fully saturated rings. The van der Waals surface area contributed by atoms with Crippen LogP contribution in [-0.4, -0.2) is 24.8 Å². The summed E-state index contributed by atoms with van der Waals surface area (Å²) in [5.74, 6) is -0.109. The third kappa shape index (κ3) is 3.98. The molecule has 0 aliphatic rings. The monoisotopic (exact) mass is 238 g/mol. The Bertz CT molecular complexity index is 374. The summed E-state index contributed by atoms with van der Waals surface area (Å²) in [4.78, 5) is 11.6. The van der Waals surface area contributed by atoms with E-state index in [1.54, 1.807) is 0 Å². The molecular formula is C13H18O4. The fourth-order valence-electron chi connectivity index (χ4n) is 1.40. The highest BCUT2D eigenvalue weighted by Gasteiger charge is 2.10. The van der Waals surface area contributed by atoms with Crippen molar-refractivity contribution in [3.05, 3.63) is 23.8 Å². The molecule has 0 heterocycles. The fraction of sp³-hybridized carbons (Fsp3) is 0.462. The Morgan fingerprint density at radius 3 is 2.76 bits per heavy atom. The van der Waals surface area contributed by atoms with Crippen LogP contribution < -0.4 is 4.74 Å². The van der Waals surface area contributed by atoms with Crippen LogP contribution >= 0.6 is 0 Å². The summed E-state index contributed by atoms with van der Waals surface area (Å²) in [6.07, 6.45) is 3.01. The summed E-state index contributed by atoms with van der Waals surface area (Å²) in [6, 6.07) is 4.40. The van der Waals surface area contributed by atoms with Crippen LogP contribution in [-0.2, 0) is 4.74 Å². The molecule has 0 aromatic heterocycles. The van der Waals surface area contributed by atoms with Crippen LogP contribution in [0.3, 0.4) is 0 Å². The van der Waals surface area contributed by atoms with E-state index in [0.29, 0.717) is 12.2 Å². The predicted octanol–water partition coefficient (Wildman–Crippen LogP) is 2.75. The smallest absolute Gasteiger partial charge is 0.338 e. The summed E-state index contributed by atoms with van der Waals surface area (Å²) in [5, 5.41) is 9.39. The Labute approximate surface area is 101 Å². The summed E-state index contributed by atoms with van der Waals surface area (Å²) in [5.41, 5.74) is 0.385. The van der Waals surface area contributed by atoms with Crippen molar-refractivity contribution in [2.24, 2.45) is 0 Å². The maximum absolute atomic E-state index is 11.6. The molecule has 4 nitrogen and oxygen atoms in total. The number of esters is 1. The van der Waals surface area contributed by atoms with Gasteiger partial charge in [-0.05, 0) is 24.6 Å². The number of methoxy groups -OCH3 is 1. The van der Waals surface area contributed by atoms with Crippen LogP contribution in [0.5, 0.6) is 11.5 Å². The van der Waals surface area contributed by atoms with E-state index in [1.165, 1.54) is 25.3 Å². The lowest BCUT2D eigenvalue weighted by atomic mass is 10.2. The van der Waals surface area contributed by atoms with Crippen molar-refractivity contribution >= 4 is 5.97 Å². The van der Waals surface area contributed by atoms with Gasteiger partial charge in [-0.2, -0.15) is 0 Å². The number of carbonyl (C=O) groups is 1. The quantitative estimate of drug-likeness (QED) is 0.611. The minimum Gasteiger partial charge on any atom is -0.504 e. The predicted molar refractivity (Wildman–Crippen MR) is 64.5 cm³/mol. The molecule has 1 aromatic rings. The Kier molecular flexibility index (Phi) is 5.33. The number of ether oxygens (including phenoxy) is 2. The van der Waals surface area contributed by atoms with Gasteiger partial charge < -0.3 is 14.6 Å². The lowest BCUT2D eigenvalue weighted by Gasteiger charge is -2.07. The Morgan fingerprint density at radius 1 is 1.35 bits per heavy atom. The summed E-state index contributed by atoms with van der Waals surface area (Å²) in [7, 11) is 1.44. The highest BCUT2D eigenvalue weighted by atomic mass is 16.5. The zero-order valence-corrected chi connectivity index (χ0v) is 10.2. The van der Waals surface area contributed by atoms with Crippen LogP contribution in [0.2, 0.25) is 0 Å². The van der Waals surface area contributed by atoms with E-state index in [9.17, 15) is 9.90 Å². The third-order valence-electron chi connectivity index (χ3n) is 2.40. The number of phenols is 1. The van der Waals surface area contributed by atoms with Crippen LogP contribution in [0.25, 0.3) is 0 Å². The molecule has 4 heteroatoms. The molecule has 94 valence electrons. The van der Waals surface area contributed by atoms with Crippen LogP contribution in [0.1, 0.15) is 36.5 Å². The lowest BCUT2D eigenvalue weighted by Crippen LogP contribution is -2.06. The second-order valence-corrected chi connectivity index (χ2v) is 3.73. The number of carbonyl (C=O) groups excluding carboxylic acids is 1. The first-order valence-corrected chi connectivity index (χ1v) is 5.73. The van der Waals surface area contributed by atoms with Gasteiger partial charge >= 0.3 is 5.97 Å². The highest BCUT2D eigenvalue weighted by Crippen LogP contribution is 2.26. The van der Waals surface area contributed by atoms with Crippen molar-refractivity contribution in [2.45, 2.75) is 26.2 Å². The second kappa shape index (κ2) is 6.78. The van der Waals surface area contributed by atoms with Crippen molar-refractivity contribution < 1.29 is 19.4 Å². The number of rotatable bonds is 6. The molecule has 0 radical (unpaired) electrons. The van der Waals surface area contributed by atoms with Gasteiger partial charge in [0.1, 0.15) is 0 Å². The van der Waals surface area contributed by atoms with Crippen LogP contribution in [0, 0.1) is 0 Å². The van der Waals surface area contributed by atoms with Crippen molar-refractivity contribution in [3.63, 3.8) is 0 Å². The Morgan fingerprint density at radius 2 is 2.12 bits per heavy atom. The molecule has 0 aliphatic heterocycles. The van der Waals surface area contributed by atoms with E-state index in [0.717, 1.165) is 19.3 Å². The van der Waals surface area contributed by atoms with Gasteiger partial charge in [0, 0.05) is 0 Å². The first-order valence-electron chi connectivity index (χ1n) is 5.73. The maximum atomic E-state index is 11.6. The van der Waals surface area contributed by atoms with E-state index < -0.39 is 0 Å². The number of hydrogen-bond acceptors (Lipinski definition) is 4. The molecule has 1 aromatic carbocycles. The molecule has 1 rings (SSSR count). The average Bonchev–Trinajstić information content (AvgIpc) is 2.35. The first kappa shape index (κ1) is 13.4. The maximum Gasteiger partial charge on any atom is 0.338 e. The standard InChI is InChI=1S/C13H18O4/c1-3-4-5-8-17-13(15)10-6-7-11(14)12(9-10)16-2/h6-7,9,14H,3-5,8H2,1-2H3. The second-order valence-electron chi connectivity index (χ2n) is 3.73. The minimum absolute atomic E-state index is 0.00929. The lowest BCUT2D eigenvalue weighted by molar-refractivity contribution is 0.0497. The topological polar surface area (TPSA) is 55.8 Å². The summed E-state index contributed by atoms with van der Waals surface area (Å²) in [6.45, 7) is 2.52. The van der Waals surface area contributed by atoms with Gasteiger partial charge in [0.05, 0.1) is 19.3 Å². The van der Waals surface area contributed by atoms with Gasteiger partial charge in [-0.15, -0.1) is 0 Å². The van der Waals surface area contributed by atoms with Crippen molar-refractivity contribution in [2.75, 3.05) is 13.7 Å². The number of benzene rings is 1. The average molecular weight is 238 g/mol. The normalized spacial score (nSPS) is 10.0. The Hall–Kier alpha value is -1.71. The molecule has 0 saturated carbocycles. The number of aromatic hydroxyl groups is 1. The fourth-order valence-corrected chi connectivity index (χ4v) is 1.40. The molecule has 0 saturated heterocycles. The number of unbranched alkanes of at least 4 members (excludes halogenated alkanes) is 2. The molecule has 1 N–H and O–H groups in total. The molecule has 0 spiro atoms. The molecule has 0 bridgehead atoms. The van der Waals surface area contributed by atoms with Gasteiger partial charge in [-0.25, -0.2) is 4.79 Å². The molecular weight excluding hydrogens is 220 g/mol. The first-order chi connectivity index (χ1) is 8.19. The van der Waals surface area contributed by atoms with Crippen LogP contribution in [0.15, 0.2) is 18.2 Å². The van der Waals surface area contributed by atoms with Crippen molar-refractivity contribution in [1.29, 1.82) is 0 Å². The van der Waals surface area contributed by atoms with E-state index in [1.807, 2.05) is 0 Å². The zero-order valence-electron chi connectivity index (χ0n) is 10.2. The van der Waals surface area contributed by atoms with Crippen molar-refractivity contribution in [1.82, 2.24) is 0 Å². The van der Waals surface area contributed by atoms with Gasteiger partial charge in [0.25, 0.3) is 0 Å². The minimum atomic E-state index is -0.389. The highest BCUT2D eigenvalue weighted by molar-refractivity contribution is 5.90. The van der Waals surface area contributed by atoms with E-state index in [2.05, 4.69) is 6.92 Å². The molecule has 0 unspecified atom stereocenters. The SMILES string of the molecule is CCCCCOC(=O)c1ccc(O)c(OC)c1. The Balaban J connectivity index is 2.57. The van der Waals surface area contributed by atoms with Gasteiger partial charge in [0.2, 0.25) is 0 Å². The summed E-state index contributed by atoms with van der Waals surface area (Å²) < 4.78 is 10.0. The summed E-state index contributed by atoms with van der Waals surface area (Å²) >= 11 is 0. The molecule has 0 atom stereocenters. The van der Waals surface area contributed by atoms with Crippen molar-refractivity contribution in [3.8, 4) is 11.5 Å².